The molecule has 0 aromatic heterocycles. The zero-order valence-corrected chi connectivity index (χ0v) is 12.5. The van der Waals surface area contributed by atoms with Gasteiger partial charge in [0.25, 0.3) is 0 Å². The van der Waals surface area contributed by atoms with Crippen LogP contribution in [0.2, 0.25) is 5.54 Å². The van der Waals surface area contributed by atoms with Crippen LogP contribution in [0.1, 0.15) is 13.3 Å². The second-order valence-electron chi connectivity index (χ2n) is 3.69. The number of rotatable bonds is 7. The Bertz CT molecular complexity index is 193. The van der Waals surface area contributed by atoms with Crippen molar-refractivity contribution in [2.75, 3.05) is 34.2 Å². The van der Waals surface area contributed by atoms with Gasteiger partial charge in [0.15, 0.2) is 0 Å². The van der Waals surface area contributed by atoms with Crippen LogP contribution < -0.4 is 0 Å². The minimum atomic E-state index is -1.50. The third-order valence-electron chi connectivity index (χ3n) is 1.90. The lowest BCUT2D eigenvalue weighted by molar-refractivity contribution is 0.255. The monoisotopic (exact) mass is 256 g/mol. The number of hydrogen-bond donors (Lipinski definition) is 0. The fourth-order valence-corrected chi connectivity index (χ4v) is 3.45. The van der Waals surface area contributed by atoms with Gasteiger partial charge >= 0.3 is 9.28 Å². The molecule has 3 nitrogen and oxygen atoms in total. The lowest BCUT2D eigenvalue weighted by Gasteiger charge is -2.19. The van der Waals surface area contributed by atoms with Crippen molar-refractivity contribution in [3.8, 4) is 0 Å². The SMILES string of the molecule is CO[SiH](OC)C(C)CCOP(C)(C)=S. The molecule has 0 amide bonds. The van der Waals surface area contributed by atoms with Crippen molar-refractivity contribution in [3.05, 3.63) is 0 Å². The fraction of sp³-hybridized carbons (Fsp3) is 1.00. The molecule has 0 fully saturated rings. The largest absolute Gasteiger partial charge is 0.400 e. The fourth-order valence-electron chi connectivity index (χ4n) is 1.16. The van der Waals surface area contributed by atoms with E-state index < -0.39 is 15.5 Å². The first-order chi connectivity index (χ1) is 6.40. The summed E-state index contributed by atoms with van der Waals surface area (Å²) in [5.41, 5.74) is 0.464. The highest BCUT2D eigenvalue weighted by molar-refractivity contribution is 8.11. The predicted molar refractivity (Wildman–Crippen MR) is 67.3 cm³/mol. The van der Waals surface area contributed by atoms with Gasteiger partial charge in [0, 0.05) is 14.2 Å². The van der Waals surface area contributed by atoms with Gasteiger partial charge < -0.3 is 13.4 Å². The summed E-state index contributed by atoms with van der Waals surface area (Å²) in [6.07, 6.45) is -0.531. The average Bonchev–Trinajstić information content (AvgIpc) is 2.04. The summed E-state index contributed by atoms with van der Waals surface area (Å²) in [7, 11) is 1.95. The van der Waals surface area contributed by atoms with Gasteiger partial charge in [-0.05, 0) is 25.3 Å². The average molecular weight is 256 g/mol. The highest BCUT2D eigenvalue weighted by atomic mass is 32.4. The first kappa shape index (κ1) is 14.7. The standard InChI is InChI=1S/C8H21O3PSSi/c1-8(14(9-2)10-3)6-7-11-12(4,5)13/h8,14H,6-7H2,1-5H3. The molecule has 0 rings (SSSR count). The first-order valence-corrected chi connectivity index (χ1v) is 9.88. The molecule has 0 heterocycles. The molecule has 0 saturated heterocycles. The van der Waals surface area contributed by atoms with Crippen molar-refractivity contribution >= 4 is 27.4 Å². The first-order valence-electron chi connectivity index (χ1n) is 4.66. The quantitative estimate of drug-likeness (QED) is 0.514. The molecule has 0 radical (unpaired) electrons. The van der Waals surface area contributed by atoms with Crippen LogP contribution >= 0.6 is 6.26 Å². The van der Waals surface area contributed by atoms with Gasteiger partial charge in [0.1, 0.15) is 0 Å². The molecule has 0 aliphatic carbocycles. The van der Waals surface area contributed by atoms with E-state index in [1.165, 1.54) is 0 Å². The van der Waals surface area contributed by atoms with Gasteiger partial charge in [-0.1, -0.05) is 18.7 Å². The lowest BCUT2D eigenvalue weighted by Crippen LogP contribution is -2.25. The molecule has 0 N–H and O–H groups in total. The van der Waals surface area contributed by atoms with Crippen molar-refractivity contribution in [2.45, 2.75) is 18.9 Å². The maximum Gasteiger partial charge on any atom is 0.323 e. The molecule has 0 spiro atoms. The van der Waals surface area contributed by atoms with Crippen molar-refractivity contribution < 1.29 is 13.4 Å². The molecule has 0 aliphatic heterocycles. The Labute approximate surface area is 94.1 Å². The van der Waals surface area contributed by atoms with Gasteiger partial charge in [-0.15, -0.1) is 0 Å². The van der Waals surface area contributed by atoms with E-state index in [4.69, 9.17) is 25.2 Å². The topological polar surface area (TPSA) is 27.7 Å². The van der Waals surface area contributed by atoms with Gasteiger partial charge in [-0.2, -0.15) is 0 Å². The molecule has 0 aromatic rings. The highest BCUT2D eigenvalue weighted by Gasteiger charge is 2.19. The highest BCUT2D eigenvalue weighted by Crippen LogP contribution is 2.38. The molecule has 86 valence electrons. The molecule has 0 saturated carbocycles. The summed E-state index contributed by atoms with van der Waals surface area (Å²) in [6.45, 7) is 6.85. The van der Waals surface area contributed by atoms with Crippen LogP contribution in [0.4, 0.5) is 0 Å². The van der Waals surface area contributed by atoms with Crippen molar-refractivity contribution in [3.63, 3.8) is 0 Å². The zero-order valence-electron chi connectivity index (χ0n) is 9.65. The van der Waals surface area contributed by atoms with Crippen LogP contribution in [0.5, 0.6) is 0 Å². The van der Waals surface area contributed by atoms with Crippen LogP contribution in [0.25, 0.3) is 0 Å². The van der Waals surface area contributed by atoms with Crippen molar-refractivity contribution in [1.29, 1.82) is 0 Å². The zero-order chi connectivity index (χ0) is 11.2. The van der Waals surface area contributed by atoms with Crippen LogP contribution in [0.3, 0.4) is 0 Å². The summed E-state index contributed by atoms with van der Waals surface area (Å²) in [5, 5.41) is 0. The molecule has 0 aliphatic rings. The molecule has 0 aromatic carbocycles. The maximum absolute atomic E-state index is 5.58. The van der Waals surface area contributed by atoms with E-state index in [9.17, 15) is 0 Å². The Hall–Kier alpha value is 0.747. The Morgan fingerprint density at radius 1 is 1.29 bits per heavy atom. The lowest BCUT2D eigenvalue weighted by atomic mass is 10.3. The van der Waals surface area contributed by atoms with Crippen LogP contribution in [-0.2, 0) is 25.2 Å². The summed E-state index contributed by atoms with van der Waals surface area (Å²) in [4.78, 5) is 0. The van der Waals surface area contributed by atoms with E-state index in [-0.39, 0.29) is 0 Å². The molecular formula is C8H21O3PSSi. The molecular weight excluding hydrogens is 235 g/mol. The molecule has 14 heavy (non-hydrogen) atoms. The van der Waals surface area contributed by atoms with Crippen LogP contribution in [0.15, 0.2) is 0 Å². The van der Waals surface area contributed by atoms with Gasteiger partial charge in [0.05, 0.1) is 12.9 Å². The molecule has 1 unspecified atom stereocenters. The Morgan fingerprint density at radius 2 is 1.79 bits per heavy atom. The van der Waals surface area contributed by atoms with Crippen molar-refractivity contribution in [1.82, 2.24) is 0 Å². The Morgan fingerprint density at radius 3 is 2.14 bits per heavy atom. The summed E-state index contributed by atoms with van der Waals surface area (Å²) in [5.74, 6) is 0. The van der Waals surface area contributed by atoms with Gasteiger partial charge in [0.2, 0.25) is 0 Å². The van der Waals surface area contributed by atoms with Gasteiger partial charge in [-0.25, -0.2) is 0 Å². The van der Waals surface area contributed by atoms with E-state index in [1.807, 2.05) is 13.3 Å². The second kappa shape index (κ2) is 7.09. The third kappa shape index (κ3) is 7.09. The molecule has 6 heteroatoms. The normalized spacial score (nSPS) is 14.7. The molecule has 1 atom stereocenters. The second-order valence-corrected chi connectivity index (χ2v) is 11.9. The van der Waals surface area contributed by atoms with Gasteiger partial charge in [-0.3, -0.25) is 0 Å². The van der Waals surface area contributed by atoms with E-state index in [0.29, 0.717) is 5.54 Å². The predicted octanol–water partition coefficient (Wildman–Crippen LogP) is 1.95. The van der Waals surface area contributed by atoms with E-state index >= 15 is 0 Å². The summed E-state index contributed by atoms with van der Waals surface area (Å²) >= 11 is 5.20. The summed E-state index contributed by atoms with van der Waals surface area (Å²) < 4.78 is 16.2. The van der Waals surface area contributed by atoms with E-state index in [0.717, 1.165) is 13.0 Å². The van der Waals surface area contributed by atoms with E-state index in [2.05, 4.69) is 6.92 Å². The third-order valence-corrected chi connectivity index (χ3v) is 5.22. The maximum atomic E-state index is 5.58. The van der Waals surface area contributed by atoms with Crippen LogP contribution in [-0.4, -0.2) is 43.4 Å². The van der Waals surface area contributed by atoms with E-state index in [1.54, 1.807) is 14.2 Å². The van der Waals surface area contributed by atoms with Crippen LogP contribution in [0, 0.1) is 0 Å². The van der Waals surface area contributed by atoms with Crippen molar-refractivity contribution in [2.24, 2.45) is 0 Å². The minimum absolute atomic E-state index is 0.464. The summed E-state index contributed by atoms with van der Waals surface area (Å²) in [6, 6.07) is 0. The minimum Gasteiger partial charge on any atom is -0.400 e. The molecule has 0 bridgehead atoms. The number of hydrogen-bond acceptors (Lipinski definition) is 4. The smallest absolute Gasteiger partial charge is 0.323 e. The Kier molecular flexibility index (Phi) is 7.47. The Balaban J connectivity index is 3.73.